The Hall–Kier alpha value is -3.18. The Morgan fingerprint density at radius 1 is 0.893 bits per heavy atom. The molecule has 3 aromatic rings. The van der Waals surface area contributed by atoms with E-state index in [4.69, 9.17) is 11.6 Å². The van der Waals surface area contributed by atoms with Crippen molar-refractivity contribution in [2.75, 3.05) is 11.9 Å². The number of rotatable bonds is 5. The van der Waals surface area contributed by atoms with Gasteiger partial charge in [-0.1, -0.05) is 72.3 Å². The van der Waals surface area contributed by atoms with Gasteiger partial charge in [0.05, 0.1) is 5.69 Å². The lowest BCUT2D eigenvalue weighted by atomic mass is 9.91. The van der Waals surface area contributed by atoms with Gasteiger partial charge in [-0.2, -0.15) is 0 Å². The number of anilines is 1. The van der Waals surface area contributed by atoms with E-state index in [0.29, 0.717) is 12.2 Å². The topological polar surface area (TPSA) is 71.1 Å². The maximum absolute atomic E-state index is 12.3. The molecule has 0 fully saturated rings. The molecular weight excluding hydrogens is 374 g/mol. The van der Waals surface area contributed by atoms with Crippen LogP contribution in [0.3, 0.4) is 0 Å². The van der Waals surface area contributed by atoms with Gasteiger partial charge in [0, 0.05) is 18.2 Å². The number of hydrogen-bond donors (Lipinski definition) is 2. The van der Waals surface area contributed by atoms with Crippen molar-refractivity contribution in [1.29, 1.82) is 0 Å². The minimum Gasteiger partial charge on any atom is -0.347 e. The van der Waals surface area contributed by atoms with Gasteiger partial charge >= 0.3 is 11.8 Å². The SMILES string of the molecule is Cc1ccc(NC(=O)C(=O)NCC(c2ccccc2)c2ccccc2)c(Cl)n1. The summed E-state index contributed by atoms with van der Waals surface area (Å²) in [7, 11) is 0. The Bertz CT molecular complexity index is 923. The van der Waals surface area contributed by atoms with Crippen LogP contribution in [0, 0.1) is 6.92 Å². The van der Waals surface area contributed by atoms with Gasteiger partial charge in [0.1, 0.15) is 0 Å². The van der Waals surface area contributed by atoms with Crippen LogP contribution in [0.1, 0.15) is 22.7 Å². The van der Waals surface area contributed by atoms with Crippen LogP contribution >= 0.6 is 11.6 Å². The number of hydrogen-bond acceptors (Lipinski definition) is 3. The number of halogens is 1. The van der Waals surface area contributed by atoms with Crippen molar-refractivity contribution in [2.24, 2.45) is 0 Å². The van der Waals surface area contributed by atoms with Crippen molar-refractivity contribution >= 4 is 29.1 Å². The van der Waals surface area contributed by atoms with Crippen molar-refractivity contribution in [3.8, 4) is 0 Å². The number of aryl methyl sites for hydroxylation is 1. The standard InChI is InChI=1S/C22H20ClN3O2/c1-15-12-13-19(20(23)25-15)26-22(28)21(27)24-14-18(16-8-4-2-5-9-16)17-10-6-3-7-11-17/h2-13,18H,14H2,1H3,(H,24,27)(H,26,28). The summed E-state index contributed by atoms with van der Waals surface area (Å²) in [6, 6.07) is 23.0. The Morgan fingerprint density at radius 2 is 1.46 bits per heavy atom. The highest BCUT2D eigenvalue weighted by molar-refractivity contribution is 6.41. The fourth-order valence-corrected chi connectivity index (χ4v) is 3.11. The van der Waals surface area contributed by atoms with E-state index in [9.17, 15) is 9.59 Å². The molecule has 1 heterocycles. The predicted molar refractivity (Wildman–Crippen MR) is 110 cm³/mol. The highest BCUT2D eigenvalue weighted by atomic mass is 35.5. The summed E-state index contributed by atoms with van der Waals surface area (Å²) in [5, 5.41) is 5.36. The minimum atomic E-state index is -0.785. The Kier molecular flexibility index (Phi) is 6.40. The highest BCUT2D eigenvalue weighted by Gasteiger charge is 2.19. The third-order valence-corrected chi connectivity index (χ3v) is 4.60. The van der Waals surface area contributed by atoms with Gasteiger partial charge in [-0.3, -0.25) is 9.59 Å². The molecule has 0 spiro atoms. The van der Waals surface area contributed by atoms with Crippen molar-refractivity contribution in [1.82, 2.24) is 10.3 Å². The zero-order valence-corrected chi connectivity index (χ0v) is 16.1. The second-order valence-corrected chi connectivity index (χ2v) is 6.69. The molecule has 2 aromatic carbocycles. The average Bonchev–Trinajstić information content (AvgIpc) is 2.71. The number of nitrogens with one attached hydrogen (secondary N) is 2. The molecule has 0 atom stereocenters. The summed E-state index contributed by atoms with van der Waals surface area (Å²) in [5.41, 5.74) is 3.14. The van der Waals surface area contributed by atoms with E-state index in [-0.39, 0.29) is 11.1 Å². The molecule has 5 nitrogen and oxygen atoms in total. The number of benzene rings is 2. The van der Waals surface area contributed by atoms with Gasteiger partial charge in [-0.15, -0.1) is 0 Å². The molecule has 0 radical (unpaired) electrons. The second kappa shape index (κ2) is 9.15. The second-order valence-electron chi connectivity index (χ2n) is 6.33. The molecule has 2 N–H and O–H groups in total. The lowest BCUT2D eigenvalue weighted by Crippen LogP contribution is -2.38. The first kappa shape index (κ1) is 19.6. The van der Waals surface area contributed by atoms with Crippen LogP contribution < -0.4 is 10.6 Å². The molecule has 0 bridgehead atoms. The van der Waals surface area contributed by atoms with E-state index in [1.165, 1.54) is 0 Å². The molecule has 0 unspecified atom stereocenters. The number of nitrogens with zero attached hydrogens (tertiary/aromatic N) is 1. The largest absolute Gasteiger partial charge is 0.347 e. The van der Waals surface area contributed by atoms with Gasteiger partial charge in [-0.25, -0.2) is 4.98 Å². The maximum atomic E-state index is 12.3. The molecule has 0 saturated carbocycles. The van der Waals surface area contributed by atoms with Crippen LogP contribution in [-0.2, 0) is 9.59 Å². The quantitative estimate of drug-likeness (QED) is 0.509. The summed E-state index contributed by atoms with van der Waals surface area (Å²) in [4.78, 5) is 28.6. The van der Waals surface area contributed by atoms with Gasteiger partial charge in [0.2, 0.25) is 0 Å². The molecule has 0 aliphatic rings. The number of amides is 2. The van der Waals surface area contributed by atoms with E-state index in [2.05, 4.69) is 15.6 Å². The van der Waals surface area contributed by atoms with Crippen molar-refractivity contribution < 1.29 is 9.59 Å². The van der Waals surface area contributed by atoms with Crippen LogP contribution in [0.25, 0.3) is 0 Å². The van der Waals surface area contributed by atoms with E-state index < -0.39 is 11.8 Å². The molecule has 28 heavy (non-hydrogen) atoms. The molecular formula is C22H20ClN3O2. The zero-order valence-electron chi connectivity index (χ0n) is 15.4. The Morgan fingerprint density at radius 3 is 2.00 bits per heavy atom. The molecule has 1 aromatic heterocycles. The van der Waals surface area contributed by atoms with Crippen LogP contribution in [0.15, 0.2) is 72.8 Å². The molecule has 3 rings (SSSR count). The highest BCUT2D eigenvalue weighted by Crippen LogP contribution is 2.24. The summed E-state index contributed by atoms with van der Waals surface area (Å²) < 4.78 is 0. The smallest absolute Gasteiger partial charge is 0.313 e. The number of aromatic nitrogens is 1. The fourth-order valence-electron chi connectivity index (χ4n) is 2.87. The van der Waals surface area contributed by atoms with Crippen molar-refractivity contribution in [3.05, 3.63) is 94.8 Å². The molecule has 0 aliphatic heterocycles. The van der Waals surface area contributed by atoms with Crippen LogP contribution in [0.4, 0.5) is 5.69 Å². The molecule has 2 amide bonds. The van der Waals surface area contributed by atoms with E-state index >= 15 is 0 Å². The first-order valence-electron chi connectivity index (χ1n) is 8.87. The fraction of sp³-hybridized carbons (Fsp3) is 0.136. The van der Waals surface area contributed by atoms with E-state index in [1.807, 2.05) is 60.7 Å². The lowest BCUT2D eigenvalue weighted by molar-refractivity contribution is -0.136. The minimum absolute atomic E-state index is 0.0659. The normalized spacial score (nSPS) is 10.5. The Balaban J connectivity index is 1.69. The summed E-state index contributed by atoms with van der Waals surface area (Å²) in [6.07, 6.45) is 0. The van der Waals surface area contributed by atoms with E-state index in [1.54, 1.807) is 19.1 Å². The number of pyridine rings is 1. The summed E-state index contributed by atoms with van der Waals surface area (Å²) >= 11 is 6.01. The lowest BCUT2D eigenvalue weighted by Gasteiger charge is -2.18. The zero-order chi connectivity index (χ0) is 19.9. The molecule has 6 heteroatoms. The van der Waals surface area contributed by atoms with Crippen LogP contribution in [0.5, 0.6) is 0 Å². The first-order valence-corrected chi connectivity index (χ1v) is 9.24. The summed E-state index contributed by atoms with van der Waals surface area (Å²) in [6.45, 7) is 2.08. The predicted octanol–water partition coefficient (Wildman–Crippen LogP) is 3.93. The van der Waals surface area contributed by atoms with Gasteiger partial charge in [0.15, 0.2) is 5.15 Å². The third kappa shape index (κ3) is 4.96. The van der Waals surface area contributed by atoms with Crippen molar-refractivity contribution in [2.45, 2.75) is 12.8 Å². The average molecular weight is 394 g/mol. The third-order valence-electron chi connectivity index (χ3n) is 4.31. The van der Waals surface area contributed by atoms with Gasteiger partial charge in [0.25, 0.3) is 0 Å². The summed E-state index contributed by atoms with van der Waals surface area (Å²) in [5.74, 6) is -1.58. The molecule has 0 saturated heterocycles. The van der Waals surface area contributed by atoms with Gasteiger partial charge in [-0.05, 0) is 30.2 Å². The number of carbonyl (C=O) groups excluding carboxylic acids is 2. The van der Waals surface area contributed by atoms with E-state index in [0.717, 1.165) is 16.8 Å². The van der Waals surface area contributed by atoms with Crippen molar-refractivity contribution in [3.63, 3.8) is 0 Å². The van der Waals surface area contributed by atoms with Gasteiger partial charge < -0.3 is 10.6 Å². The van der Waals surface area contributed by atoms with Crippen LogP contribution in [0.2, 0.25) is 5.15 Å². The maximum Gasteiger partial charge on any atom is 0.313 e. The first-order chi connectivity index (χ1) is 13.5. The molecule has 0 aliphatic carbocycles. The van der Waals surface area contributed by atoms with Crippen LogP contribution in [-0.4, -0.2) is 23.3 Å². The molecule has 142 valence electrons. The number of carbonyl (C=O) groups is 2. The Labute approximate surface area is 168 Å². The monoisotopic (exact) mass is 393 g/mol.